The highest BCUT2D eigenvalue weighted by molar-refractivity contribution is 9.11. The lowest BCUT2D eigenvalue weighted by Crippen LogP contribution is -2.02. The van der Waals surface area contributed by atoms with Gasteiger partial charge in [0.1, 0.15) is 23.0 Å². The maximum absolute atomic E-state index is 11.2. The molecule has 184 valence electrons. The Morgan fingerprint density at radius 2 is 0.611 bits per heavy atom. The van der Waals surface area contributed by atoms with Gasteiger partial charge >= 0.3 is 0 Å². The number of aryl methyl sites for hydroxylation is 1. The van der Waals surface area contributed by atoms with E-state index in [1.165, 1.54) is 0 Å². The molecule has 0 saturated heterocycles. The van der Waals surface area contributed by atoms with Gasteiger partial charge in [-0.3, -0.25) is 0 Å². The molecule has 0 heterocycles. The highest BCUT2D eigenvalue weighted by Crippen LogP contribution is 2.40. The molecule has 0 amide bonds. The van der Waals surface area contributed by atoms with Crippen molar-refractivity contribution < 1.29 is 20.4 Å². The van der Waals surface area contributed by atoms with Crippen molar-refractivity contribution in [3.8, 4) is 23.0 Å². The standard InChI is InChI=1S/C29H23Br3O4/c1-14-2-15-4-17-8-23(30)10-19(27(17)34)6-21-12-25(32)13-22(29(21)36)7-20-11-24(31)9-18(28(20)35)5-16(3-14)26(15)33/h2-3,8-13,33-36H,4-7H2,1H3. The lowest BCUT2D eigenvalue weighted by Gasteiger charge is -2.18. The van der Waals surface area contributed by atoms with E-state index < -0.39 is 0 Å². The predicted octanol–water partition coefficient (Wildman–Crippen LogP) is 7.78. The van der Waals surface area contributed by atoms with E-state index in [0.29, 0.717) is 70.2 Å². The van der Waals surface area contributed by atoms with Crippen molar-refractivity contribution in [1.82, 2.24) is 0 Å². The van der Waals surface area contributed by atoms with E-state index >= 15 is 0 Å². The van der Waals surface area contributed by atoms with E-state index in [0.717, 1.165) is 19.0 Å². The van der Waals surface area contributed by atoms with Crippen LogP contribution < -0.4 is 0 Å². The monoisotopic (exact) mass is 672 g/mol. The summed E-state index contributed by atoms with van der Waals surface area (Å²) in [5.41, 5.74) is 6.32. The van der Waals surface area contributed by atoms with Gasteiger partial charge in [-0.05, 0) is 87.8 Å². The third-order valence-corrected chi connectivity index (χ3v) is 8.01. The minimum Gasteiger partial charge on any atom is -0.507 e. The summed E-state index contributed by atoms with van der Waals surface area (Å²) in [6.45, 7) is 1.97. The topological polar surface area (TPSA) is 80.9 Å². The smallest absolute Gasteiger partial charge is 0.122 e. The molecule has 4 N–H and O–H groups in total. The van der Waals surface area contributed by atoms with Crippen molar-refractivity contribution in [3.63, 3.8) is 0 Å². The fraction of sp³-hybridized carbons (Fsp3) is 0.172. The molecule has 0 saturated carbocycles. The molecule has 1 aliphatic carbocycles. The zero-order valence-electron chi connectivity index (χ0n) is 19.4. The third kappa shape index (κ3) is 4.89. The Labute approximate surface area is 234 Å². The molecule has 8 bridgehead atoms. The molecular weight excluding hydrogens is 652 g/mol. The first-order valence-electron chi connectivity index (χ1n) is 11.4. The van der Waals surface area contributed by atoms with Crippen LogP contribution in [0, 0.1) is 6.92 Å². The van der Waals surface area contributed by atoms with E-state index in [1.807, 2.05) is 55.5 Å². The minimum atomic E-state index is 0.130. The van der Waals surface area contributed by atoms with Crippen LogP contribution in [0.5, 0.6) is 23.0 Å². The zero-order chi connectivity index (χ0) is 25.7. The average Bonchev–Trinajstić information content (AvgIpc) is 2.80. The molecule has 4 aromatic carbocycles. The number of halogens is 3. The number of hydrogen-bond donors (Lipinski definition) is 4. The number of benzene rings is 4. The number of fused-ring (bicyclic) bond motifs is 8. The SMILES string of the molecule is Cc1cc2c(O)c(c1)Cc1cc(Br)cc(c1O)Cc1cc(Br)cc(c1O)Cc1cc(Br)cc(c1O)C2. The van der Waals surface area contributed by atoms with Crippen molar-refractivity contribution in [2.24, 2.45) is 0 Å². The van der Waals surface area contributed by atoms with Gasteiger partial charge in [-0.25, -0.2) is 0 Å². The second-order valence-electron chi connectivity index (χ2n) is 9.36. The van der Waals surface area contributed by atoms with Crippen LogP contribution in [0.2, 0.25) is 0 Å². The van der Waals surface area contributed by atoms with Gasteiger partial charge in [0, 0.05) is 39.1 Å². The first-order valence-corrected chi connectivity index (χ1v) is 13.8. The quantitative estimate of drug-likeness (QED) is 0.135. The lowest BCUT2D eigenvalue weighted by atomic mass is 9.91. The van der Waals surface area contributed by atoms with Gasteiger partial charge in [0.2, 0.25) is 0 Å². The van der Waals surface area contributed by atoms with Crippen LogP contribution in [-0.4, -0.2) is 20.4 Å². The Morgan fingerprint density at radius 3 is 0.833 bits per heavy atom. The number of rotatable bonds is 0. The first-order chi connectivity index (χ1) is 17.1. The fourth-order valence-corrected chi connectivity index (χ4v) is 6.64. The Bertz CT molecular complexity index is 1210. The van der Waals surface area contributed by atoms with Crippen LogP contribution in [0.15, 0.2) is 61.9 Å². The largest absolute Gasteiger partial charge is 0.507 e. The molecular formula is C29H23Br3O4. The summed E-state index contributed by atoms with van der Waals surface area (Å²) in [6.07, 6.45) is 1.25. The summed E-state index contributed by atoms with van der Waals surface area (Å²) in [4.78, 5) is 0. The second kappa shape index (κ2) is 9.77. The highest BCUT2D eigenvalue weighted by atomic mass is 79.9. The summed E-state index contributed by atoms with van der Waals surface area (Å²) >= 11 is 10.7. The van der Waals surface area contributed by atoms with Crippen molar-refractivity contribution in [2.45, 2.75) is 32.6 Å². The Hall–Kier alpha value is -2.48. The number of hydrogen-bond acceptors (Lipinski definition) is 4. The molecule has 1 aliphatic rings. The molecule has 7 heteroatoms. The molecule has 0 aliphatic heterocycles. The lowest BCUT2D eigenvalue weighted by molar-refractivity contribution is 0.450. The van der Waals surface area contributed by atoms with Gasteiger partial charge in [0.05, 0.1) is 0 Å². The van der Waals surface area contributed by atoms with Crippen molar-refractivity contribution in [2.75, 3.05) is 0 Å². The van der Waals surface area contributed by atoms with E-state index in [-0.39, 0.29) is 23.0 Å². The molecule has 0 aromatic heterocycles. The Kier molecular flexibility index (Phi) is 6.83. The van der Waals surface area contributed by atoms with E-state index in [1.54, 1.807) is 0 Å². The minimum absolute atomic E-state index is 0.130. The Morgan fingerprint density at radius 1 is 0.417 bits per heavy atom. The van der Waals surface area contributed by atoms with Crippen molar-refractivity contribution >= 4 is 47.8 Å². The van der Waals surface area contributed by atoms with E-state index in [2.05, 4.69) is 47.8 Å². The van der Waals surface area contributed by atoms with Crippen molar-refractivity contribution in [3.05, 3.63) is 112 Å². The molecule has 4 aromatic rings. The predicted molar refractivity (Wildman–Crippen MR) is 151 cm³/mol. The van der Waals surface area contributed by atoms with Crippen molar-refractivity contribution in [1.29, 1.82) is 0 Å². The zero-order valence-corrected chi connectivity index (χ0v) is 24.1. The maximum Gasteiger partial charge on any atom is 0.122 e. The van der Waals surface area contributed by atoms with E-state index in [9.17, 15) is 20.4 Å². The summed E-state index contributed by atoms with van der Waals surface area (Å²) in [6, 6.07) is 14.9. The molecule has 4 nitrogen and oxygen atoms in total. The van der Waals surface area contributed by atoms with Gasteiger partial charge < -0.3 is 20.4 Å². The van der Waals surface area contributed by atoms with E-state index in [4.69, 9.17) is 0 Å². The third-order valence-electron chi connectivity index (χ3n) is 6.63. The molecule has 0 atom stereocenters. The number of aromatic hydroxyl groups is 4. The Balaban J connectivity index is 1.78. The summed E-state index contributed by atoms with van der Waals surface area (Å²) < 4.78 is 2.41. The van der Waals surface area contributed by atoms with Gasteiger partial charge in [-0.2, -0.15) is 0 Å². The average molecular weight is 675 g/mol. The summed E-state index contributed by atoms with van der Waals surface area (Å²) in [5, 5.41) is 44.8. The summed E-state index contributed by atoms with van der Waals surface area (Å²) in [7, 11) is 0. The van der Waals surface area contributed by atoms with Gasteiger partial charge in [0.15, 0.2) is 0 Å². The molecule has 5 rings (SSSR count). The van der Waals surface area contributed by atoms with Gasteiger partial charge in [-0.1, -0.05) is 65.5 Å². The fourth-order valence-electron chi connectivity index (χ4n) is 4.99. The molecule has 0 unspecified atom stereocenters. The normalized spacial score (nSPS) is 13.0. The highest BCUT2D eigenvalue weighted by Gasteiger charge is 2.20. The molecule has 0 fully saturated rings. The van der Waals surface area contributed by atoms with Gasteiger partial charge in [0.25, 0.3) is 0 Å². The van der Waals surface area contributed by atoms with Crippen LogP contribution >= 0.6 is 47.8 Å². The number of phenolic OH excluding ortho intramolecular Hbond substituents is 4. The summed E-state index contributed by atoms with van der Waals surface area (Å²) in [5.74, 6) is 0.563. The molecule has 0 spiro atoms. The molecule has 36 heavy (non-hydrogen) atoms. The van der Waals surface area contributed by atoms with Crippen LogP contribution in [-0.2, 0) is 25.7 Å². The van der Waals surface area contributed by atoms with Gasteiger partial charge in [-0.15, -0.1) is 0 Å². The van der Waals surface area contributed by atoms with Crippen LogP contribution in [0.3, 0.4) is 0 Å². The first kappa shape index (κ1) is 25.2. The molecule has 0 radical (unpaired) electrons. The van der Waals surface area contributed by atoms with Crippen LogP contribution in [0.1, 0.15) is 50.1 Å². The number of phenols is 4. The van der Waals surface area contributed by atoms with Crippen LogP contribution in [0.4, 0.5) is 0 Å². The second-order valence-corrected chi connectivity index (χ2v) is 12.1. The maximum atomic E-state index is 11.2. The van der Waals surface area contributed by atoms with Crippen LogP contribution in [0.25, 0.3) is 0 Å².